The number of nitrogens with zero attached hydrogens (tertiary/aromatic N) is 3. The van der Waals surface area contributed by atoms with Crippen LogP contribution < -0.4 is 10.2 Å². The molecule has 1 saturated heterocycles. The van der Waals surface area contributed by atoms with E-state index in [2.05, 4.69) is 27.3 Å². The van der Waals surface area contributed by atoms with Crippen LogP contribution in [0, 0.1) is 5.92 Å². The number of para-hydroxylation sites is 2. The largest absolute Gasteiger partial charge is 0.323 e. The molecule has 3 heterocycles. The molecule has 1 aromatic heterocycles. The average molecular weight is 350 g/mol. The van der Waals surface area contributed by atoms with Gasteiger partial charge in [0.25, 0.3) is 0 Å². The molecule has 1 fully saturated rings. The zero-order chi connectivity index (χ0) is 17.9. The molecule has 0 radical (unpaired) electrons. The highest BCUT2D eigenvalue weighted by Gasteiger charge is 2.30. The molecule has 134 valence electrons. The van der Waals surface area contributed by atoms with Gasteiger partial charge in [0.1, 0.15) is 6.54 Å². The summed E-state index contributed by atoms with van der Waals surface area (Å²) < 4.78 is 0. The van der Waals surface area contributed by atoms with Crippen LogP contribution >= 0.6 is 0 Å². The Morgan fingerprint density at radius 2 is 2.00 bits per heavy atom. The Bertz CT molecular complexity index is 808. The van der Waals surface area contributed by atoms with Crippen LogP contribution in [0.2, 0.25) is 0 Å². The molecular formula is C20H22N4O2. The molecule has 0 bridgehead atoms. The lowest BCUT2D eigenvalue weighted by Crippen LogP contribution is -2.46. The maximum absolute atomic E-state index is 12.8. The van der Waals surface area contributed by atoms with Gasteiger partial charge in [0, 0.05) is 18.9 Å². The van der Waals surface area contributed by atoms with Gasteiger partial charge in [-0.3, -0.25) is 24.4 Å². The maximum atomic E-state index is 12.8. The molecular weight excluding hydrogens is 328 g/mol. The molecule has 0 spiro atoms. The van der Waals surface area contributed by atoms with Crippen molar-refractivity contribution in [2.75, 3.05) is 36.4 Å². The fourth-order valence-electron chi connectivity index (χ4n) is 3.81. The Morgan fingerprint density at radius 1 is 1.19 bits per heavy atom. The van der Waals surface area contributed by atoms with E-state index in [1.54, 1.807) is 4.90 Å². The summed E-state index contributed by atoms with van der Waals surface area (Å²) in [6.45, 7) is 2.28. The van der Waals surface area contributed by atoms with E-state index in [1.807, 2.05) is 36.7 Å². The first-order valence-corrected chi connectivity index (χ1v) is 8.99. The van der Waals surface area contributed by atoms with Crippen LogP contribution in [0.15, 0.2) is 48.8 Å². The van der Waals surface area contributed by atoms with Gasteiger partial charge in [-0.1, -0.05) is 12.1 Å². The number of carbonyl (C=O) groups excluding carboxylic acids is 2. The predicted molar refractivity (Wildman–Crippen MR) is 99.9 cm³/mol. The summed E-state index contributed by atoms with van der Waals surface area (Å²) in [6.07, 6.45) is 5.75. The third-order valence-electron chi connectivity index (χ3n) is 5.07. The van der Waals surface area contributed by atoms with Crippen molar-refractivity contribution in [1.29, 1.82) is 0 Å². The van der Waals surface area contributed by atoms with E-state index in [4.69, 9.17) is 0 Å². The maximum Gasteiger partial charge on any atom is 0.244 e. The number of hydrogen-bond donors (Lipinski definition) is 1. The lowest BCUT2D eigenvalue weighted by molar-refractivity contribution is -0.122. The summed E-state index contributed by atoms with van der Waals surface area (Å²) in [5, 5.41) is 2.82. The van der Waals surface area contributed by atoms with Gasteiger partial charge in [-0.2, -0.15) is 0 Å². The van der Waals surface area contributed by atoms with Crippen LogP contribution in [0.25, 0.3) is 0 Å². The van der Waals surface area contributed by atoms with E-state index in [9.17, 15) is 9.59 Å². The van der Waals surface area contributed by atoms with Crippen LogP contribution in [0.1, 0.15) is 12.0 Å². The number of fused-ring (bicyclic) bond motifs is 1. The molecule has 4 rings (SSSR count). The minimum Gasteiger partial charge on any atom is -0.323 e. The van der Waals surface area contributed by atoms with Crippen molar-refractivity contribution < 1.29 is 9.59 Å². The summed E-state index contributed by atoms with van der Waals surface area (Å²) in [5.74, 6) is 0.396. The molecule has 2 aromatic rings. The molecule has 1 N–H and O–H groups in total. The number of nitrogens with one attached hydrogen (secondary N) is 1. The molecule has 2 aliphatic heterocycles. The Kier molecular flexibility index (Phi) is 4.67. The minimum absolute atomic E-state index is 0.0168. The van der Waals surface area contributed by atoms with Gasteiger partial charge in [0.2, 0.25) is 11.8 Å². The topological polar surface area (TPSA) is 65.5 Å². The van der Waals surface area contributed by atoms with Crippen molar-refractivity contribution >= 4 is 23.2 Å². The molecule has 1 unspecified atom stereocenters. The second-order valence-corrected chi connectivity index (χ2v) is 6.99. The van der Waals surface area contributed by atoms with Gasteiger partial charge in [0.05, 0.1) is 17.9 Å². The lowest BCUT2D eigenvalue weighted by atomic mass is 10.00. The molecule has 1 aromatic carbocycles. The first-order valence-electron chi connectivity index (χ1n) is 8.99. The molecule has 2 aliphatic rings. The predicted octanol–water partition coefficient (Wildman–Crippen LogP) is 1.93. The normalized spacial score (nSPS) is 19.9. The molecule has 1 atom stereocenters. The van der Waals surface area contributed by atoms with E-state index in [0.29, 0.717) is 18.2 Å². The zero-order valence-corrected chi connectivity index (χ0v) is 14.6. The van der Waals surface area contributed by atoms with Gasteiger partial charge in [0.15, 0.2) is 0 Å². The Balaban J connectivity index is 1.38. The summed E-state index contributed by atoms with van der Waals surface area (Å²) in [4.78, 5) is 32.6. The van der Waals surface area contributed by atoms with Crippen molar-refractivity contribution in [3.8, 4) is 0 Å². The van der Waals surface area contributed by atoms with Crippen LogP contribution in [-0.4, -0.2) is 47.9 Å². The van der Waals surface area contributed by atoms with Gasteiger partial charge in [-0.15, -0.1) is 0 Å². The summed E-state index contributed by atoms with van der Waals surface area (Å²) in [7, 11) is 0. The Morgan fingerprint density at radius 3 is 2.85 bits per heavy atom. The van der Waals surface area contributed by atoms with Crippen molar-refractivity contribution in [3.05, 3.63) is 54.4 Å². The molecule has 2 amide bonds. The molecule has 6 nitrogen and oxygen atoms in total. The molecule has 6 heteroatoms. The van der Waals surface area contributed by atoms with E-state index < -0.39 is 0 Å². The molecule has 0 aliphatic carbocycles. The molecule has 26 heavy (non-hydrogen) atoms. The quantitative estimate of drug-likeness (QED) is 0.915. The summed E-state index contributed by atoms with van der Waals surface area (Å²) in [5.41, 5.74) is 2.78. The fraction of sp³-hybridized carbons (Fsp3) is 0.350. The van der Waals surface area contributed by atoms with Crippen LogP contribution in [0.4, 0.5) is 11.4 Å². The number of likely N-dealkylation sites (tertiary alicyclic amines) is 1. The van der Waals surface area contributed by atoms with E-state index in [1.165, 1.54) is 5.56 Å². The van der Waals surface area contributed by atoms with Crippen molar-refractivity contribution in [2.24, 2.45) is 5.92 Å². The number of rotatable bonds is 4. The van der Waals surface area contributed by atoms with Crippen LogP contribution in [0.5, 0.6) is 0 Å². The second-order valence-electron chi connectivity index (χ2n) is 6.99. The number of amides is 2. The fourth-order valence-corrected chi connectivity index (χ4v) is 3.81. The van der Waals surface area contributed by atoms with Gasteiger partial charge in [-0.05, 0) is 55.1 Å². The van der Waals surface area contributed by atoms with Crippen LogP contribution in [-0.2, 0) is 16.0 Å². The number of anilines is 2. The SMILES string of the molecule is O=C1CN(C(=O)CN2CCC(Cc3ccncc3)C2)c2ccccc2N1. The Labute approximate surface area is 152 Å². The number of benzene rings is 1. The van der Waals surface area contributed by atoms with Gasteiger partial charge >= 0.3 is 0 Å². The zero-order valence-electron chi connectivity index (χ0n) is 14.6. The van der Waals surface area contributed by atoms with E-state index >= 15 is 0 Å². The first kappa shape index (κ1) is 16.7. The standard InChI is InChI=1S/C20H22N4O2/c25-19-13-24(18-4-2-1-3-17(18)22-19)20(26)14-23-10-7-16(12-23)11-15-5-8-21-9-6-15/h1-6,8-9,16H,7,10-14H2,(H,22,25). The highest BCUT2D eigenvalue weighted by atomic mass is 16.2. The average Bonchev–Trinajstić information content (AvgIpc) is 3.08. The first-order chi connectivity index (χ1) is 12.7. The monoisotopic (exact) mass is 350 g/mol. The lowest BCUT2D eigenvalue weighted by Gasteiger charge is -2.30. The minimum atomic E-state index is -0.144. The number of carbonyl (C=O) groups is 2. The van der Waals surface area contributed by atoms with Gasteiger partial charge in [-0.25, -0.2) is 0 Å². The van der Waals surface area contributed by atoms with Crippen molar-refractivity contribution in [2.45, 2.75) is 12.8 Å². The van der Waals surface area contributed by atoms with E-state index in [-0.39, 0.29) is 18.4 Å². The van der Waals surface area contributed by atoms with Crippen molar-refractivity contribution in [3.63, 3.8) is 0 Å². The van der Waals surface area contributed by atoms with Crippen molar-refractivity contribution in [1.82, 2.24) is 9.88 Å². The highest BCUT2D eigenvalue weighted by molar-refractivity contribution is 6.10. The third kappa shape index (κ3) is 3.60. The number of pyridine rings is 1. The second kappa shape index (κ2) is 7.25. The highest BCUT2D eigenvalue weighted by Crippen LogP contribution is 2.29. The number of aromatic nitrogens is 1. The number of hydrogen-bond acceptors (Lipinski definition) is 4. The Hall–Kier alpha value is -2.73. The van der Waals surface area contributed by atoms with Gasteiger partial charge < -0.3 is 5.32 Å². The molecule has 0 saturated carbocycles. The summed E-state index contributed by atoms with van der Waals surface area (Å²) in [6, 6.07) is 11.6. The van der Waals surface area contributed by atoms with E-state index in [0.717, 1.165) is 31.6 Å². The smallest absolute Gasteiger partial charge is 0.244 e. The van der Waals surface area contributed by atoms with Crippen LogP contribution in [0.3, 0.4) is 0 Å². The third-order valence-corrected chi connectivity index (χ3v) is 5.07. The summed E-state index contributed by atoms with van der Waals surface area (Å²) >= 11 is 0.